The highest BCUT2D eigenvalue weighted by Crippen LogP contribution is 2.34. The number of nitrogens with zero attached hydrogens (tertiary/aromatic N) is 2. The molecule has 2 aliphatic heterocycles. The molecule has 0 spiro atoms. The Balaban J connectivity index is 1.18. The van der Waals surface area contributed by atoms with Crippen LogP contribution in [0.25, 0.3) is 0 Å². The molecule has 2 atom stereocenters. The first-order chi connectivity index (χ1) is 19.0. The molecule has 2 heterocycles. The van der Waals surface area contributed by atoms with Crippen LogP contribution in [-0.4, -0.2) is 101 Å². The minimum Gasteiger partial charge on any atom is -0.495 e. The number of likely N-dealkylation sites (tertiary alicyclic amines) is 1. The molecule has 0 bridgehead atoms. The summed E-state index contributed by atoms with van der Waals surface area (Å²) in [5, 5.41) is 4.05. The van der Waals surface area contributed by atoms with Crippen LogP contribution in [0, 0.1) is 0 Å². The molecule has 2 aromatic rings. The van der Waals surface area contributed by atoms with Crippen molar-refractivity contribution in [1.29, 1.82) is 0 Å². The normalized spacial score (nSPS) is 20.5. The Bertz CT molecular complexity index is 1060. The van der Waals surface area contributed by atoms with E-state index in [2.05, 4.69) is 15.1 Å². The molecular weight excluding hydrogens is 520 g/mol. The summed E-state index contributed by atoms with van der Waals surface area (Å²) in [5.41, 5.74) is 9.05. The predicted octanol–water partition coefficient (Wildman–Crippen LogP) is 3.55. The molecule has 2 aromatic carbocycles. The summed E-state index contributed by atoms with van der Waals surface area (Å²) in [6.45, 7) is 7.20. The van der Waals surface area contributed by atoms with Crippen LogP contribution in [0.1, 0.15) is 28.8 Å². The molecule has 10 heteroatoms. The molecule has 0 aromatic heterocycles. The van der Waals surface area contributed by atoms with E-state index in [4.69, 9.17) is 36.3 Å². The molecule has 0 amide bonds. The number of aryl methyl sites for hydroxylation is 1. The van der Waals surface area contributed by atoms with E-state index in [0.29, 0.717) is 28.6 Å². The number of carbonyl (C=O) groups is 1. The zero-order valence-electron chi connectivity index (χ0n) is 23.0. The van der Waals surface area contributed by atoms with Gasteiger partial charge in [-0.2, -0.15) is 0 Å². The first-order valence-corrected chi connectivity index (χ1v) is 14.1. The number of methoxy groups -OCH3 is 2. The van der Waals surface area contributed by atoms with E-state index < -0.39 is 0 Å². The summed E-state index contributed by atoms with van der Waals surface area (Å²) in [6, 6.07) is 11.5. The molecule has 2 saturated heterocycles. The molecule has 4 rings (SSSR count). The van der Waals surface area contributed by atoms with Gasteiger partial charge in [0, 0.05) is 45.9 Å². The van der Waals surface area contributed by atoms with Gasteiger partial charge in [-0.3, -0.25) is 4.90 Å². The number of benzene rings is 2. The number of hydrogen-bond acceptors (Lipinski definition) is 9. The maximum atomic E-state index is 12.4. The fourth-order valence-corrected chi connectivity index (χ4v) is 5.29. The Morgan fingerprint density at radius 3 is 2.59 bits per heavy atom. The van der Waals surface area contributed by atoms with Gasteiger partial charge in [0.15, 0.2) is 0 Å². The number of esters is 1. The predicted molar refractivity (Wildman–Crippen MR) is 154 cm³/mol. The van der Waals surface area contributed by atoms with Gasteiger partial charge in [0.25, 0.3) is 0 Å². The van der Waals surface area contributed by atoms with Crippen molar-refractivity contribution in [2.45, 2.75) is 31.4 Å². The van der Waals surface area contributed by atoms with Crippen molar-refractivity contribution in [2.75, 3.05) is 84.4 Å². The molecule has 0 unspecified atom stereocenters. The Hall–Kier alpha value is -2.56. The lowest BCUT2D eigenvalue weighted by Crippen LogP contribution is -2.50. The number of carbonyl (C=O) groups excluding carboxylic acids is 1. The van der Waals surface area contributed by atoms with E-state index in [0.717, 1.165) is 77.4 Å². The quantitative estimate of drug-likeness (QED) is 0.298. The highest BCUT2D eigenvalue weighted by atomic mass is 35.5. The molecule has 0 radical (unpaired) electrons. The van der Waals surface area contributed by atoms with Crippen LogP contribution in [0.2, 0.25) is 5.02 Å². The Kier molecular flexibility index (Phi) is 11.1. The summed E-state index contributed by atoms with van der Waals surface area (Å²) in [6.07, 6.45) is 2.95. The molecule has 9 nitrogen and oxygen atoms in total. The third-order valence-electron chi connectivity index (χ3n) is 7.48. The molecule has 2 aliphatic rings. The number of morpholine rings is 1. The van der Waals surface area contributed by atoms with Crippen LogP contribution in [0.5, 0.6) is 5.75 Å². The SMILES string of the molecule is COc1cc(N)c(Cl)cc1N[C@@H]1CCN(CCCc2ccc(C(=O)OCCN3CCOCC3)cc2)C[C@@H]1OC. The van der Waals surface area contributed by atoms with E-state index in [9.17, 15) is 4.79 Å². The first kappa shape index (κ1) is 29.4. The molecular formula is C29H41ClN4O5. The van der Waals surface area contributed by atoms with Gasteiger partial charge in [-0.05, 0) is 49.6 Å². The molecule has 0 aliphatic carbocycles. The second-order valence-corrected chi connectivity index (χ2v) is 10.5. The minimum absolute atomic E-state index is 0.0355. The zero-order valence-corrected chi connectivity index (χ0v) is 23.8. The van der Waals surface area contributed by atoms with Crippen LogP contribution in [0.4, 0.5) is 11.4 Å². The average molecular weight is 561 g/mol. The summed E-state index contributed by atoms with van der Waals surface area (Å²) in [7, 11) is 3.38. The lowest BCUT2D eigenvalue weighted by molar-refractivity contribution is 0.0195. The molecule has 0 saturated carbocycles. The van der Waals surface area contributed by atoms with Gasteiger partial charge in [-0.1, -0.05) is 23.7 Å². The number of rotatable bonds is 12. The fourth-order valence-electron chi connectivity index (χ4n) is 5.13. The monoisotopic (exact) mass is 560 g/mol. The minimum atomic E-state index is -0.268. The highest BCUT2D eigenvalue weighted by molar-refractivity contribution is 6.33. The van der Waals surface area contributed by atoms with E-state index in [1.807, 2.05) is 30.3 Å². The van der Waals surface area contributed by atoms with Gasteiger partial charge in [0.05, 0.1) is 54.4 Å². The molecule has 214 valence electrons. The van der Waals surface area contributed by atoms with Gasteiger partial charge in [0.1, 0.15) is 12.4 Å². The van der Waals surface area contributed by atoms with Gasteiger partial charge < -0.3 is 34.9 Å². The Morgan fingerprint density at radius 1 is 1.10 bits per heavy atom. The van der Waals surface area contributed by atoms with E-state index in [-0.39, 0.29) is 18.1 Å². The number of hydrogen-bond donors (Lipinski definition) is 2. The van der Waals surface area contributed by atoms with Crippen molar-refractivity contribution >= 4 is 28.9 Å². The Labute approximate surface area is 236 Å². The second-order valence-electron chi connectivity index (χ2n) is 10.1. The van der Waals surface area contributed by atoms with Crippen molar-refractivity contribution < 1.29 is 23.7 Å². The van der Waals surface area contributed by atoms with Crippen molar-refractivity contribution in [3.05, 3.63) is 52.5 Å². The number of halogens is 1. The number of piperidine rings is 1. The summed E-state index contributed by atoms with van der Waals surface area (Å²) in [5.74, 6) is 0.400. The van der Waals surface area contributed by atoms with Crippen LogP contribution < -0.4 is 15.8 Å². The fraction of sp³-hybridized carbons (Fsp3) is 0.552. The summed E-state index contributed by atoms with van der Waals surface area (Å²) in [4.78, 5) is 17.1. The van der Waals surface area contributed by atoms with Crippen LogP contribution in [0.3, 0.4) is 0 Å². The van der Waals surface area contributed by atoms with E-state index in [1.54, 1.807) is 20.3 Å². The lowest BCUT2D eigenvalue weighted by Gasteiger charge is -2.38. The smallest absolute Gasteiger partial charge is 0.338 e. The third-order valence-corrected chi connectivity index (χ3v) is 7.81. The number of nitrogens with one attached hydrogen (secondary N) is 1. The van der Waals surface area contributed by atoms with Crippen molar-refractivity contribution in [3.63, 3.8) is 0 Å². The maximum absolute atomic E-state index is 12.4. The van der Waals surface area contributed by atoms with Crippen molar-refractivity contribution in [2.24, 2.45) is 0 Å². The molecule has 3 N–H and O–H groups in total. The second kappa shape index (κ2) is 14.7. The van der Waals surface area contributed by atoms with Crippen molar-refractivity contribution in [3.8, 4) is 5.75 Å². The van der Waals surface area contributed by atoms with Crippen LogP contribution in [-0.2, 0) is 20.6 Å². The van der Waals surface area contributed by atoms with Crippen LogP contribution >= 0.6 is 11.6 Å². The van der Waals surface area contributed by atoms with Gasteiger partial charge in [-0.25, -0.2) is 4.79 Å². The zero-order chi connectivity index (χ0) is 27.6. The number of nitrogens with two attached hydrogens (primary N) is 1. The third kappa shape index (κ3) is 8.46. The van der Waals surface area contributed by atoms with Gasteiger partial charge in [-0.15, -0.1) is 0 Å². The van der Waals surface area contributed by atoms with E-state index >= 15 is 0 Å². The largest absolute Gasteiger partial charge is 0.495 e. The maximum Gasteiger partial charge on any atom is 0.338 e. The lowest BCUT2D eigenvalue weighted by atomic mass is 10.00. The number of anilines is 2. The van der Waals surface area contributed by atoms with Gasteiger partial charge >= 0.3 is 5.97 Å². The topological polar surface area (TPSA) is 98.5 Å². The number of nitrogen functional groups attached to an aromatic ring is 1. The molecule has 2 fully saturated rings. The summed E-state index contributed by atoms with van der Waals surface area (Å²) < 4.78 is 22.1. The molecule has 39 heavy (non-hydrogen) atoms. The first-order valence-electron chi connectivity index (χ1n) is 13.7. The van der Waals surface area contributed by atoms with Crippen molar-refractivity contribution in [1.82, 2.24) is 9.80 Å². The van der Waals surface area contributed by atoms with Crippen LogP contribution in [0.15, 0.2) is 36.4 Å². The van der Waals surface area contributed by atoms with E-state index in [1.165, 1.54) is 5.56 Å². The highest BCUT2D eigenvalue weighted by Gasteiger charge is 2.29. The van der Waals surface area contributed by atoms with Gasteiger partial charge in [0.2, 0.25) is 0 Å². The Morgan fingerprint density at radius 2 is 1.87 bits per heavy atom. The average Bonchev–Trinajstić information content (AvgIpc) is 2.96. The number of ether oxygens (including phenoxy) is 4. The summed E-state index contributed by atoms with van der Waals surface area (Å²) >= 11 is 6.24. The standard InChI is InChI=1S/C29H41ClN4O5/c1-36-27-19-24(31)23(30)18-26(27)32-25-9-11-34(20-28(25)37-2)10-3-4-21-5-7-22(8-6-21)29(35)39-17-14-33-12-15-38-16-13-33/h5-8,18-19,25,28,32H,3-4,9-17,20,31H2,1-2H3/t25-,28+/m1/s1.